The molecule has 0 radical (unpaired) electrons. The highest BCUT2D eigenvalue weighted by atomic mass is 79.9. The van der Waals surface area contributed by atoms with Gasteiger partial charge in [-0.1, -0.05) is 113 Å². The van der Waals surface area contributed by atoms with E-state index in [1.165, 1.54) is 0 Å². The van der Waals surface area contributed by atoms with Gasteiger partial charge in [0.1, 0.15) is 11.5 Å². The minimum absolute atomic E-state index is 0.0192. The second-order valence-corrected chi connectivity index (χ2v) is 11.0. The van der Waals surface area contributed by atoms with Gasteiger partial charge in [-0.15, -0.1) is 0 Å². The van der Waals surface area contributed by atoms with Crippen LogP contribution in [0.3, 0.4) is 0 Å². The van der Waals surface area contributed by atoms with E-state index in [1.807, 2.05) is 97.1 Å². The van der Waals surface area contributed by atoms with E-state index in [9.17, 15) is 19.5 Å². The van der Waals surface area contributed by atoms with Crippen LogP contribution in [-0.4, -0.2) is 33.9 Å². The van der Waals surface area contributed by atoms with Gasteiger partial charge >= 0.3 is 5.97 Å². The first-order valence-electron chi connectivity index (χ1n) is 13.9. The standard InChI is InChI=1S/C36H29BrN2O5/c37-29-13-9-12-28(24-29)35(41)39(38-34(40)23-25-10-3-1-4-11-25)32(36(42)43)22-26-18-20-27(21-19-26)31-16-7-8-17-33(31)44-30-14-5-2-6-15-30/h1-21,24,32H,22-23H2,(H,38,40)(H,42,43)/t32-/m0/s1. The van der Waals surface area contributed by atoms with E-state index in [0.717, 1.165) is 21.7 Å². The molecule has 44 heavy (non-hydrogen) atoms. The Hall–Kier alpha value is -5.21. The van der Waals surface area contributed by atoms with E-state index in [0.29, 0.717) is 21.5 Å². The number of amides is 2. The first-order chi connectivity index (χ1) is 21.4. The molecule has 1 atom stereocenters. The molecule has 220 valence electrons. The molecule has 0 aliphatic carbocycles. The number of hydrazine groups is 1. The molecule has 0 fully saturated rings. The Morgan fingerprint density at radius 1 is 0.750 bits per heavy atom. The molecule has 2 amide bonds. The molecule has 0 bridgehead atoms. The molecular formula is C36H29BrN2O5. The van der Waals surface area contributed by atoms with Crippen LogP contribution in [0, 0.1) is 0 Å². The molecule has 5 rings (SSSR count). The lowest BCUT2D eigenvalue weighted by Crippen LogP contribution is -2.56. The zero-order valence-corrected chi connectivity index (χ0v) is 25.2. The summed E-state index contributed by atoms with van der Waals surface area (Å²) < 4.78 is 6.76. The van der Waals surface area contributed by atoms with Gasteiger partial charge in [-0.05, 0) is 53.1 Å². The lowest BCUT2D eigenvalue weighted by molar-refractivity contribution is -0.144. The smallest absolute Gasteiger partial charge is 0.328 e. The molecule has 0 heterocycles. The quantitative estimate of drug-likeness (QED) is 0.155. The Balaban J connectivity index is 1.40. The normalized spacial score (nSPS) is 11.3. The van der Waals surface area contributed by atoms with Crippen molar-refractivity contribution in [1.82, 2.24) is 10.4 Å². The van der Waals surface area contributed by atoms with Crippen LogP contribution in [0.4, 0.5) is 0 Å². The van der Waals surface area contributed by atoms with Crippen molar-refractivity contribution >= 4 is 33.7 Å². The second kappa shape index (κ2) is 14.3. The number of carboxylic acid groups (broad SMARTS) is 1. The van der Waals surface area contributed by atoms with Crippen molar-refractivity contribution in [3.8, 4) is 22.6 Å². The molecule has 5 aromatic carbocycles. The third-order valence-electron chi connectivity index (χ3n) is 6.89. The minimum Gasteiger partial charge on any atom is -0.480 e. The highest BCUT2D eigenvalue weighted by molar-refractivity contribution is 9.10. The third kappa shape index (κ3) is 7.79. The summed E-state index contributed by atoms with van der Waals surface area (Å²) in [5, 5.41) is 11.2. The molecule has 0 unspecified atom stereocenters. The first-order valence-corrected chi connectivity index (χ1v) is 14.7. The SMILES string of the molecule is O=C(Cc1ccccc1)NN(C(=O)c1cccc(Br)c1)[C@@H](Cc1ccc(-c2ccccc2Oc2ccccc2)cc1)C(=O)O. The zero-order chi connectivity index (χ0) is 30.9. The van der Waals surface area contributed by atoms with Crippen LogP contribution in [0.2, 0.25) is 0 Å². The minimum atomic E-state index is -1.37. The summed E-state index contributed by atoms with van der Waals surface area (Å²) in [4.78, 5) is 39.3. The molecule has 0 aromatic heterocycles. The summed E-state index contributed by atoms with van der Waals surface area (Å²) in [5.41, 5.74) is 5.98. The molecule has 2 N–H and O–H groups in total. The Labute approximate surface area is 263 Å². The number of carbonyl (C=O) groups is 3. The van der Waals surface area contributed by atoms with Crippen LogP contribution in [0.5, 0.6) is 11.5 Å². The van der Waals surface area contributed by atoms with Gasteiger partial charge in [-0.2, -0.15) is 0 Å². The van der Waals surface area contributed by atoms with Gasteiger partial charge in [-0.25, -0.2) is 9.80 Å². The van der Waals surface area contributed by atoms with Crippen LogP contribution >= 0.6 is 15.9 Å². The lowest BCUT2D eigenvalue weighted by Gasteiger charge is -2.29. The maximum absolute atomic E-state index is 13.7. The van der Waals surface area contributed by atoms with Gasteiger partial charge in [0.15, 0.2) is 6.04 Å². The Morgan fingerprint density at radius 3 is 2.09 bits per heavy atom. The number of halogens is 1. The zero-order valence-electron chi connectivity index (χ0n) is 23.6. The van der Waals surface area contributed by atoms with Crippen molar-refractivity contribution in [2.24, 2.45) is 0 Å². The Bertz CT molecular complexity index is 1740. The number of hydrogen-bond donors (Lipinski definition) is 2. The fourth-order valence-corrected chi connectivity index (χ4v) is 5.13. The maximum Gasteiger partial charge on any atom is 0.328 e. The van der Waals surface area contributed by atoms with Crippen molar-refractivity contribution in [3.05, 3.63) is 155 Å². The average molecular weight is 650 g/mol. The van der Waals surface area contributed by atoms with Gasteiger partial charge in [0.2, 0.25) is 5.91 Å². The fourth-order valence-electron chi connectivity index (χ4n) is 4.73. The van der Waals surface area contributed by atoms with Crippen molar-refractivity contribution in [2.75, 3.05) is 0 Å². The van der Waals surface area contributed by atoms with E-state index >= 15 is 0 Å². The number of nitrogens with zero attached hydrogens (tertiary/aromatic N) is 1. The van der Waals surface area contributed by atoms with Crippen molar-refractivity contribution in [3.63, 3.8) is 0 Å². The van der Waals surface area contributed by atoms with Crippen molar-refractivity contribution < 1.29 is 24.2 Å². The molecule has 7 nitrogen and oxygen atoms in total. The summed E-state index contributed by atoms with van der Waals surface area (Å²) in [6, 6.07) is 38.8. The van der Waals surface area contributed by atoms with Gasteiger partial charge in [0.05, 0.1) is 6.42 Å². The van der Waals surface area contributed by atoms with Crippen LogP contribution in [0.15, 0.2) is 138 Å². The molecule has 0 spiro atoms. The van der Waals surface area contributed by atoms with E-state index < -0.39 is 23.8 Å². The Kier molecular flexibility index (Phi) is 9.84. The van der Waals surface area contributed by atoms with Crippen molar-refractivity contribution in [2.45, 2.75) is 18.9 Å². The number of ether oxygens (including phenoxy) is 1. The summed E-state index contributed by atoms with van der Waals surface area (Å²) in [6.45, 7) is 0. The molecule has 0 saturated heterocycles. The molecule has 0 saturated carbocycles. The fraction of sp³-hybridized carbons (Fsp3) is 0.0833. The predicted octanol–water partition coefficient (Wildman–Crippen LogP) is 7.32. The van der Waals surface area contributed by atoms with Gasteiger partial charge < -0.3 is 9.84 Å². The molecule has 8 heteroatoms. The largest absolute Gasteiger partial charge is 0.480 e. The average Bonchev–Trinajstić information content (AvgIpc) is 3.04. The number of carbonyl (C=O) groups excluding carboxylic acids is 2. The van der Waals surface area contributed by atoms with Gasteiger partial charge in [-0.3, -0.25) is 15.0 Å². The number of nitrogens with one attached hydrogen (secondary N) is 1. The number of benzene rings is 5. The second-order valence-electron chi connectivity index (χ2n) is 10.0. The number of hydrogen-bond acceptors (Lipinski definition) is 4. The van der Waals surface area contributed by atoms with E-state index in [-0.39, 0.29) is 18.4 Å². The number of aliphatic carboxylic acids is 1. The summed E-state index contributed by atoms with van der Waals surface area (Å²) in [6.07, 6.45) is -0.0578. The first kappa shape index (κ1) is 30.3. The van der Waals surface area contributed by atoms with Crippen LogP contribution in [0.25, 0.3) is 11.1 Å². The van der Waals surface area contributed by atoms with E-state index in [4.69, 9.17) is 4.74 Å². The topological polar surface area (TPSA) is 95.9 Å². The number of rotatable bonds is 10. The highest BCUT2D eigenvalue weighted by Gasteiger charge is 2.32. The maximum atomic E-state index is 13.7. The summed E-state index contributed by atoms with van der Waals surface area (Å²) >= 11 is 3.36. The molecule has 0 aliphatic heterocycles. The predicted molar refractivity (Wildman–Crippen MR) is 172 cm³/mol. The van der Waals surface area contributed by atoms with Crippen LogP contribution in [0.1, 0.15) is 21.5 Å². The molecular weight excluding hydrogens is 620 g/mol. The van der Waals surface area contributed by atoms with Gasteiger partial charge in [0, 0.05) is 22.0 Å². The lowest BCUT2D eigenvalue weighted by atomic mass is 9.99. The third-order valence-corrected chi connectivity index (χ3v) is 7.39. The monoisotopic (exact) mass is 648 g/mol. The van der Waals surface area contributed by atoms with Crippen molar-refractivity contribution in [1.29, 1.82) is 0 Å². The summed E-state index contributed by atoms with van der Waals surface area (Å²) in [7, 11) is 0. The van der Waals surface area contributed by atoms with E-state index in [1.54, 1.807) is 36.4 Å². The van der Waals surface area contributed by atoms with Crippen LogP contribution < -0.4 is 10.2 Å². The molecule has 0 aliphatic rings. The van der Waals surface area contributed by atoms with Crippen LogP contribution in [-0.2, 0) is 22.4 Å². The Morgan fingerprint density at radius 2 is 1.41 bits per heavy atom. The molecule has 5 aromatic rings. The number of para-hydroxylation sites is 2. The van der Waals surface area contributed by atoms with Gasteiger partial charge in [0.25, 0.3) is 5.91 Å². The summed E-state index contributed by atoms with van der Waals surface area (Å²) in [5.74, 6) is -0.994. The number of carboxylic acids is 1. The highest BCUT2D eigenvalue weighted by Crippen LogP contribution is 2.33. The van der Waals surface area contributed by atoms with E-state index in [2.05, 4.69) is 21.4 Å².